The summed E-state index contributed by atoms with van der Waals surface area (Å²) in [5, 5.41) is 5.80. The number of ether oxygens (including phenoxy) is 1. The van der Waals surface area contributed by atoms with Gasteiger partial charge < -0.3 is 19.9 Å². The first-order valence-electron chi connectivity index (χ1n) is 9.97. The molecule has 0 aliphatic carbocycles. The maximum Gasteiger partial charge on any atom is 0.287 e. The van der Waals surface area contributed by atoms with E-state index in [1.165, 1.54) is 0 Å². The molecule has 0 bridgehead atoms. The molecule has 0 spiro atoms. The van der Waals surface area contributed by atoms with Crippen LogP contribution in [0.3, 0.4) is 0 Å². The Hall–Kier alpha value is -2.83. The largest absolute Gasteiger partial charge is 0.495 e. The molecule has 2 amide bonds. The SMILES string of the molecule is CCCCCNC(=O)c1nc(C(=O)Nc2ccccc2OC)c2n1CCCC2. The van der Waals surface area contributed by atoms with Crippen molar-refractivity contribution in [1.29, 1.82) is 0 Å². The number of amides is 2. The van der Waals surface area contributed by atoms with Crippen LogP contribution in [-0.4, -0.2) is 35.0 Å². The van der Waals surface area contributed by atoms with E-state index in [1.807, 2.05) is 16.7 Å². The van der Waals surface area contributed by atoms with Crippen LogP contribution >= 0.6 is 0 Å². The van der Waals surface area contributed by atoms with Crippen LogP contribution in [0.4, 0.5) is 5.69 Å². The number of nitrogens with one attached hydrogen (secondary N) is 2. The predicted molar refractivity (Wildman–Crippen MR) is 108 cm³/mol. The second-order valence-electron chi connectivity index (χ2n) is 6.96. The first-order chi connectivity index (χ1) is 13.7. The van der Waals surface area contributed by atoms with Crippen LogP contribution < -0.4 is 15.4 Å². The molecule has 1 aromatic carbocycles. The number of rotatable bonds is 8. The van der Waals surface area contributed by atoms with Gasteiger partial charge in [0.2, 0.25) is 0 Å². The molecule has 1 aromatic heterocycles. The van der Waals surface area contributed by atoms with E-state index < -0.39 is 0 Å². The lowest BCUT2D eigenvalue weighted by Crippen LogP contribution is -2.28. The van der Waals surface area contributed by atoms with Crippen molar-refractivity contribution >= 4 is 17.5 Å². The Balaban J connectivity index is 1.82. The molecule has 0 saturated heterocycles. The third-order valence-corrected chi connectivity index (χ3v) is 4.96. The number of imidazole rings is 1. The molecule has 3 rings (SSSR count). The maximum absolute atomic E-state index is 12.9. The molecule has 28 heavy (non-hydrogen) atoms. The summed E-state index contributed by atoms with van der Waals surface area (Å²) >= 11 is 0. The molecule has 7 nitrogen and oxygen atoms in total. The fraction of sp³-hybridized carbons (Fsp3) is 0.476. The molecule has 0 unspecified atom stereocenters. The Labute approximate surface area is 165 Å². The van der Waals surface area contributed by atoms with Gasteiger partial charge in [-0.05, 0) is 37.8 Å². The summed E-state index contributed by atoms with van der Waals surface area (Å²) in [7, 11) is 1.56. The van der Waals surface area contributed by atoms with Gasteiger partial charge in [0, 0.05) is 13.1 Å². The van der Waals surface area contributed by atoms with E-state index in [2.05, 4.69) is 22.5 Å². The molecule has 7 heteroatoms. The van der Waals surface area contributed by atoms with Crippen LogP contribution in [-0.2, 0) is 13.0 Å². The average Bonchev–Trinajstić information content (AvgIpc) is 3.11. The zero-order chi connectivity index (χ0) is 19.9. The van der Waals surface area contributed by atoms with Crippen molar-refractivity contribution in [3.63, 3.8) is 0 Å². The number of carbonyl (C=O) groups excluding carboxylic acids is 2. The van der Waals surface area contributed by atoms with Crippen LogP contribution in [0.5, 0.6) is 5.75 Å². The summed E-state index contributed by atoms with van der Waals surface area (Å²) in [5.41, 5.74) is 1.74. The molecule has 2 N–H and O–H groups in total. The molecule has 1 aliphatic rings. The molecule has 0 atom stereocenters. The lowest BCUT2D eigenvalue weighted by Gasteiger charge is -2.17. The quantitative estimate of drug-likeness (QED) is 0.683. The van der Waals surface area contributed by atoms with Crippen molar-refractivity contribution in [1.82, 2.24) is 14.9 Å². The van der Waals surface area contributed by atoms with E-state index in [9.17, 15) is 9.59 Å². The Bertz CT molecular complexity index is 844. The topological polar surface area (TPSA) is 85.2 Å². The molecular weight excluding hydrogens is 356 g/mol. The standard InChI is InChI=1S/C21H28N4O3/c1-3-4-8-13-22-21(27)19-24-18(16-11-7-9-14-25(16)19)20(26)23-15-10-5-6-12-17(15)28-2/h5-6,10,12H,3-4,7-9,11,13-14H2,1-2H3,(H,22,27)(H,23,26). The van der Waals surface area contributed by atoms with Gasteiger partial charge in [0.1, 0.15) is 5.75 Å². The van der Waals surface area contributed by atoms with Crippen LogP contribution in [0, 0.1) is 0 Å². The Morgan fingerprint density at radius 1 is 1.18 bits per heavy atom. The molecule has 0 saturated carbocycles. The number of para-hydroxylation sites is 2. The van der Waals surface area contributed by atoms with Gasteiger partial charge in [-0.2, -0.15) is 0 Å². The van der Waals surface area contributed by atoms with E-state index >= 15 is 0 Å². The first-order valence-corrected chi connectivity index (χ1v) is 9.97. The van der Waals surface area contributed by atoms with Gasteiger partial charge in [-0.15, -0.1) is 0 Å². The van der Waals surface area contributed by atoms with Gasteiger partial charge >= 0.3 is 0 Å². The van der Waals surface area contributed by atoms with Crippen LogP contribution in [0.25, 0.3) is 0 Å². The zero-order valence-electron chi connectivity index (χ0n) is 16.6. The van der Waals surface area contributed by atoms with E-state index in [0.29, 0.717) is 36.0 Å². The Kier molecular flexibility index (Phi) is 6.68. The third kappa shape index (κ3) is 4.35. The summed E-state index contributed by atoms with van der Waals surface area (Å²) in [4.78, 5) is 30.0. The fourth-order valence-electron chi connectivity index (χ4n) is 3.48. The summed E-state index contributed by atoms with van der Waals surface area (Å²) in [6, 6.07) is 7.23. The number of benzene rings is 1. The van der Waals surface area contributed by atoms with Crippen LogP contribution in [0.15, 0.2) is 24.3 Å². The highest BCUT2D eigenvalue weighted by Gasteiger charge is 2.27. The summed E-state index contributed by atoms with van der Waals surface area (Å²) in [6.45, 7) is 3.46. The van der Waals surface area contributed by atoms with E-state index in [4.69, 9.17) is 4.74 Å². The lowest BCUT2D eigenvalue weighted by atomic mass is 10.1. The highest BCUT2D eigenvalue weighted by molar-refractivity contribution is 6.05. The minimum absolute atomic E-state index is 0.212. The van der Waals surface area contributed by atoms with Gasteiger partial charge in [0.05, 0.1) is 18.5 Å². The number of methoxy groups -OCH3 is 1. The van der Waals surface area contributed by atoms with Gasteiger partial charge in [0.25, 0.3) is 11.8 Å². The van der Waals surface area contributed by atoms with Gasteiger partial charge in [-0.25, -0.2) is 4.98 Å². The number of nitrogens with zero attached hydrogens (tertiary/aromatic N) is 2. The van der Waals surface area contributed by atoms with Crippen molar-refractivity contribution < 1.29 is 14.3 Å². The molecule has 2 aromatic rings. The van der Waals surface area contributed by atoms with Gasteiger partial charge in [-0.1, -0.05) is 31.9 Å². The van der Waals surface area contributed by atoms with Crippen molar-refractivity contribution in [2.75, 3.05) is 19.0 Å². The van der Waals surface area contributed by atoms with E-state index in [1.54, 1.807) is 19.2 Å². The minimum Gasteiger partial charge on any atom is -0.495 e. The lowest BCUT2D eigenvalue weighted by molar-refractivity contribution is 0.0937. The summed E-state index contributed by atoms with van der Waals surface area (Å²) in [5.74, 6) is 0.380. The summed E-state index contributed by atoms with van der Waals surface area (Å²) in [6.07, 6.45) is 5.82. The number of aromatic nitrogens is 2. The normalized spacial score (nSPS) is 12.9. The van der Waals surface area contributed by atoms with Crippen LogP contribution in [0.1, 0.15) is 65.8 Å². The van der Waals surface area contributed by atoms with Gasteiger partial charge in [0.15, 0.2) is 11.5 Å². The van der Waals surface area contributed by atoms with Crippen molar-refractivity contribution in [3.8, 4) is 5.75 Å². The minimum atomic E-state index is -0.319. The van der Waals surface area contributed by atoms with Crippen molar-refractivity contribution in [3.05, 3.63) is 41.5 Å². The Morgan fingerprint density at radius 3 is 2.79 bits per heavy atom. The molecule has 1 aliphatic heterocycles. The Morgan fingerprint density at radius 2 is 2.00 bits per heavy atom. The second kappa shape index (κ2) is 9.39. The van der Waals surface area contributed by atoms with E-state index in [-0.39, 0.29) is 11.8 Å². The zero-order valence-corrected chi connectivity index (χ0v) is 16.6. The molecule has 150 valence electrons. The highest BCUT2D eigenvalue weighted by atomic mass is 16.5. The number of hydrogen-bond acceptors (Lipinski definition) is 4. The van der Waals surface area contributed by atoms with E-state index in [0.717, 1.165) is 44.2 Å². The van der Waals surface area contributed by atoms with Crippen LogP contribution in [0.2, 0.25) is 0 Å². The number of carbonyl (C=O) groups is 2. The number of anilines is 1. The molecule has 2 heterocycles. The van der Waals surface area contributed by atoms with Gasteiger partial charge in [-0.3, -0.25) is 9.59 Å². The maximum atomic E-state index is 12.9. The third-order valence-electron chi connectivity index (χ3n) is 4.96. The monoisotopic (exact) mass is 384 g/mol. The smallest absolute Gasteiger partial charge is 0.287 e. The fourth-order valence-corrected chi connectivity index (χ4v) is 3.48. The molecule has 0 radical (unpaired) electrons. The number of hydrogen-bond donors (Lipinski definition) is 2. The molecular formula is C21H28N4O3. The number of unbranched alkanes of at least 4 members (excludes halogenated alkanes) is 2. The van der Waals surface area contributed by atoms with Crippen molar-refractivity contribution in [2.45, 2.75) is 52.0 Å². The predicted octanol–water partition coefficient (Wildman–Crippen LogP) is 3.40. The highest BCUT2D eigenvalue weighted by Crippen LogP contribution is 2.26. The van der Waals surface area contributed by atoms with Crippen molar-refractivity contribution in [2.24, 2.45) is 0 Å². The average molecular weight is 384 g/mol. The second-order valence-corrected chi connectivity index (χ2v) is 6.96. The summed E-state index contributed by atoms with van der Waals surface area (Å²) < 4.78 is 7.20. The first kappa shape index (κ1) is 19.9. The number of fused-ring (bicyclic) bond motifs is 1. The molecule has 0 fully saturated rings.